The maximum atomic E-state index is 11.7. The summed E-state index contributed by atoms with van der Waals surface area (Å²) in [5.74, 6) is 0.161. The number of hydrogen-bond acceptors (Lipinski definition) is 3. The van der Waals surface area contributed by atoms with Crippen LogP contribution in [-0.2, 0) is 0 Å². The van der Waals surface area contributed by atoms with Crippen molar-refractivity contribution in [2.24, 2.45) is 5.41 Å². The van der Waals surface area contributed by atoms with Crippen molar-refractivity contribution in [1.82, 2.24) is 20.1 Å². The highest BCUT2D eigenvalue weighted by Gasteiger charge is 2.20. The normalized spacial score (nSPS) is 11.4. The number of hydrogen-bond donors (Lipinski definition) is 1. The highest BCUT2D eigenvalue weighted by molar-refractivity contribution is 5.90. The van der Waals surface area contributed by atoms with Crippen molar-refractivity contribution in [2.75, 3.05) is 13.6 Å². The molecule has 0 atom stereocenters. The number of nitrogens with zero attached hydrogens (tertiary/aromatic N) is 3. The molecule has 0 aliphatic heterocycles. The van der Waals surface area contributed by atoms with Gasteiger partial charge in [0.25, 0.3) is 5.91 Å². The zero-order valence-electron chi connectivity index (χ0n) is 9.03. The first-order valence-corrected chi connectivity index (χ1v) is 4.51. The molecular weight excluding hydrogens is 180 g/mol. The quantitative estimate of drug-likeness (QED) is 0.765. The number of carbonyl (C=O) groups is 1. The molecule has 0 bridgehead atoms. The summed E-state index contributed by atoms with van der Waals surface area (Å²) in [5, 5.41) is 6.19. The van der Waals surface area contributed by atoms with Crippen LogP contribution in [0.25, 0.3) is 0 Å². The van der Waals surface area contributed by atoms with Gasteiger partial charge in [-0.05, 0) is 5.41 Å². The molecule has 1 aromatic rings. The number of carbonyl (C=O) groups excluding carboxylic acids is 1. The first kappa shape index (κ1) is 10.7. The fourth-order valence-electron chi connectivity index (χ4n) is 1.27. The molecule has 0 unspecified atom stereocenters. The zero-order valence-corrected chi connectivity index (χ0v) is 9.03. The summed E-state index contributed by atoms with van der Waals surface area (Å²) in [5.41, 5.74) is 0.0877. The number of H-pyrrole nitrogens is 1. The van der Waals surface area contributed by atoms with E-state index in [9.17, 15) is 4.79 Å². The first-order chi connectivity index (χ1) is 6.40. The molecule has 78 valence electrons. The van der Waals surface area contributed by atoms with Gasteiger partial charge in [0, 0.05) is 13.6 Å². The topological polar surface area (TPSA) is 61.9 Å². The van der Waals surface area contributed by atoms with Crippen LogP contribution in [0, 0.1) is 5.41 Å². The van der Waals surface area contributed by atoms with Crippen molar-refractivity contribution in [1.29, 1.82) is 0 Å². The van der Waals surface area contributed by atoms with Gasteiger partial charge < -0.3 is 4.90 Å². The van der Waals surface area contributed by atoms with Gasteiger partial charge in [-0.25, -0.2) is 4.98 Å². The predicted octanol–water partition coefficient (Wildman–Crippen LogP) is 0.923. The van der Waals surface area contributed by atoms with Gasteiger partial charge in [0.2, 0.25) is 5.82 Å². The highest BCUT2D eigenvalue weighted by Crippen LogP contribution is 2.14. The van der Waals surface area contributed by atoms with E-state index in [1.165, 1.54) is 6.33 Å². The lowest BCUT2D eigenvalue weighted by molar-refractivity contribution is 0.0734. The molecule has 0 radical (unpaired) electrons. The molecule has 1 amide bonds. The second-order valence-electron chi connectivity index (χ2n) is 4.56. The van der Waals surface area contributed by atoms with Crippen LogP contribution in [0.4, 0.5) is 0 Å². The summed E-state index contributed by atoms with van der Waals surface area (Å²) >= 11 is 0. The predicted molar refractivity (Wildman–Crippen MR) is 52.8 cm³/mol. The van der Waals surface area contributed by atoms with Crippen LogP contribution in [0.5, 0.6) is 0 Å². The maximum absolute atomic E-state index is 11.7. The van der Waals surface area contributed by atoms with Crippen LogP contribution in [0.3, 0.4) is 0 Å². The molecule has 0 spiro atoms. The fourth-order valence-corrected chi connectivity index (χ4v) is 1.27. The molecule has 1 aromatic heterocycles. The largest absolute Gasteiger partial charge is 0.338 e. The van der Waals surface area contributed by atoms with Crippen LogP contribution in [0.2, 0.25) is 0 Å². The number of nitrogens with one attached hydrogen (secondary N) is 1. The molecule has 1 heterocycles. The van der Waals surface area contributed by atoms with Crippen LogP contribution in [0.1, 0.15) is 31.4 Å². The first-order valence-electron chi connectivity index (χ1n) is 4.51. The summed E-state index contributed by atoms with van der Waals surface area (Å²) in [4.78, 5) is 17.1. The molecule has 0 aliphatic rings. The van der Waals surface area contributed by atoms with Crippen LogP contribution >= 0.6 is 0 Å². The number of aromatic amines is 1. The second-order valence-corrected chi connectivity index (χ2v) is 4.56. The monoisotopic (exact) mass is 196 g/mol. The van der Waals surface area contributed by atoms with Gasteiger partial charge in [-0.2, -0.15) is 5.10 Å². The molecule has 0 saturated heterocycles. The Morgan fingerprint density at radius 1 is 1.57 bits per heavy atom. The van der Waals surface area contributed by atoms with Crippen LogP contribution < -0.4 is 0 Å². The van der Waals surface area contributed by atoms with E-state index in [0.29, 0.717) is 6.54 Å². The Morgan fingerprint density at radius 3 is 2.64 bits per heavy atom. The van der Waals surface area contributed by atoms with E-state index in [2.05, 4.69) is 36.0 Å². The molecule has 0 fully saturated rings. The SMILES string of the molecule is CN(CC(C)(C)C)C(=O)c1ncn[nH]1. The minimum atomic E-state index is -0.127. The lowest BCUT2D eigenvalue weighted by Crippen LogP contribution is -2.35. The van der Waals surface area contributed by atoms with Gasteiger partial charge in [-0.15, -0.1) is 0 Å². The van der Waals surface area contributed by atoms with Gasteiger partial charge in [-0.1, -0.05) is 20.8 Å². The molecule has 1 rings (SSSR count). The zero-order chi connectivity index (χ0) is 10.8. The smallest absolute Gasteiger partial charge is 0.290 e. The third-order valence-electron chi connectivity index (χ3n) is 1.68. The molecule has 14 heavy (non-hydrogen) atoms. The minimum Gasteiger partial charge on any atom is -0.338 e. The van der Waals surface area contributed by atoms with E-state index in [1.54, 1.807) is 11.9 Å². The van der Waals surface area contributed by atoms with E-state index in [1.807, 2.05) is 0 Å². The molecule has 0 aliphatic carbocycles. The van der Waals surface area contributed by atoms with Crippen molar-refractivity contribution >= 4 is 5.91 Å². The molecule has 5 nitrogen and oxygen atoms in total. The fraction of sp³-hybridized carbons (Fsp3) is 0.667. The standard InChI is InChI=1S/C9H16N4O/c1-9(2,3)5-13(4)8(14)7-10-6-11-12-7/h6H,5H2,1-4H3,(H,10,11,12). The molecular formula is C9H16N4O. The van der Waals surface area contributed by atoms with Crippen molar-refractivity contribution in [2.45, 2.75) is 20.8 Å². The minimum absolute atomic E-state index is 0.0877. The second kappa shape index (κ2) is 3.77. The van der Waals surface area contributed by atoms with E-state index < -0.39 is 0 Å². The molecule has 0 aromatic carbocycles. The van der Waals surface area contributed by atoms with Gasteiger partial charge in [0.15, 0.2) is 0 Å². The summed E-state index contributed by atoms with van der Waals surface area (Å²) < 4.78 is 0. The number of aromatic nitrogens is 3. The van der Waals surface area contributed by atoms with E-state index >= 15 is 0 Å². The number of amides is 1. The lowest BCUT2D eigenvalue weighted by Gasteiger charge is -2.25. The highest BCUT2D eigenvalue weighted by atomic mass is 16.2. The maximum Gasteiger partial charge on any atom is 0.290 e. The summed E-state index contributed by atoms with van der Waals surface area (Å²) in [6.45, 7) is 6.93. The van der Waals surface area contributed by atoms with Crippen LogP contribution in [-0.4, -0.2) is 39.6 Å². The Morgan fingerprint density at radius 2 is 2.21 bits per heavy atom. The molecule has 5 heteroatoms. The third-order valence-corrected chi connectivity index (χ3v) is 1.68. The van der Waals surface area contributed by atoms with Gasteiger partial charge in [0.1, 0.15) is 6.33 Å². The summed E-state index contributed by atoms with van der Waals surface area (Å²) in [6, 6.07) is 0. The average molecular weight is 196 g/mol. The van der Waals surface area contributed by atoms with Gasteiger partial charge in [-0.3, -0.25) is 9.89 Å². The Bertz CT molecular complexity index is 299. The van der Waals surface area contributed by atoms with Crippen molar-refractivity contribution < 1.29 is 4.79 Å². The Kier molecular flexibility index (Phi) is 2.88. The third kappa shape index (κ3) is 2.83. The number of rotatable bonds is 2. The van der Waals surface area contributed by atoms with E-state index in [-0.39, 0.29) is 17.1 Å². The average Bonchev–Trinajstić information content (AvgIpc) is 2.51. The van der Waals surface area contributed by atoms with Gasteiger partial charge >= 0.3 is 0 Å². The Labute approximate surface area is 83.5 Å². The van der Waals surface area contributed by atoms with Crippen molar-refractivity contribution in [3.05, 3.63) is 12.2 Å². The van der Waals surface area contributed by atoms with Gasteiger partial charge in [0.05, 0.1) is 0 Å². The van der Waals surface area contributed by atoms with E-state index in [4.69, 9.17) is 0 Å². The Hall–Kier alpha value is -1.39. The van der Waals surface area contributed by atoms with Crippen molar-refractivity contribution in [3.8, 4) is 0 Å². The Balaban J connectivity index is 2.63. The lowest BCUT2D eigenvalue weighted by atomic mass is 9.96. The molecule has 0 saturated carbocycles. The summed E-state index contributed by atoms with van der Waals surface area (Å²) in [7, 11) is 1.76. The van der Waals surface area contributed by atoms with Crippen LogP contribution in [0.15, 0.2) is 6.33 Å². The van der Waals surface area contributed by atoms with E-state index in [0.717, 1.165) is 0 Å². The summed E-state index contributed by atoms with van der Waals surface area (Å²) in [6.07, 6.45) is 1.33. The van der Waals surface area contributed by atoms with Crippen molar-refractivity contribution in [3.63, 3.8) is 0 Å². The molecule has 1 N–H and O–H groups in total.